The van der Waals surface area contributed by atoms with Crippen molar-refractivity contribution in [3.63, 3.8) is 0 Å². The SMILES string of the molecule is O=C(O)Cc1ccc(NC(=O)NCCc2cccs2)cn1. The average molecular weight is 305 g/mol. The van der Waals surface area contributed by atoms with Crippen LogP contribution in [0.1, 0.15) is 10.6 Å². The summed E-state index contributed by atoms with van der Waals surface area (Å²) in [7, 11) is 0. The molecule has 6 nitrogen and oxygen atoms in total. The Morgan fingerprint density at radius 2 is 2.14 bits per heavy atom. The minimum absolute atomic E-state index is 0.132. The number of aromatic nitrogens is 1. The van der Waals surface area contributed by atoms with E-state index in [0.717, 1.165) is 6.42 Å². The summed E-state index contributed by atoms with van der Waals surface area (Å²) in [6.45, 7) is 0.552. The van der Waals surface area contributed by atoms with Gasteiger partial charge in [-0.25, -0.2) is 4.79 Å². The lowest BCUT2D eigenvalue weighted by atomic mass is 10.2. The van der Waals surface area contributed by atoms with Crippen molar-refractivity contribution >= 4 is 29.0 Å². The summed E-state index contributed by atoms with van der Waals surface area (Å²) >= 11 is 1.66. The van der Waals surface area contributed by atoms with Crippen LogP contribution < -0.4 is 10.6 Å². The largest absolute Gasteiger partial charge is 0.481 e. The molecule has 0 aliphatic heterocycles. The first-order chi connectivity index (χ1) is 10.1. The van der Waals surface area contributed by atoms with Crippen molar-refractivity contribution < 1.29 is 14.7 Å². The number of amides is 2. The number of carboxylic acids is 1. The summed E-state index contributed by atoms with van der Waals surface area (Å²) in [5.74, 6) is -0.936. The number of anilines is 1. The molecule has 3 N–H and O–H groups in total. The molecule has 0 fully saturated rings. The average Bonchev–Trinajstić information content (AvgIpc) is 2.93. The molecule has 0 unspecified atom stereocenters. The van der Waals surface area contributed by atoms with E-state index in [0.29, 0.717) is 17.9 Å². The van der Waals surface area contributed by atoms with E-state index in [1.807, 2.05) is 17.5 Å². The molecule has 0 saturated carbocycles. The van der Waals surface area contributed by atoms with E-state index < -0.39 is 5.97 Å². The van der Waals surface area contributed by atoms with Gasteiger partial charge in [0.1, 0.15) is 0 Å². The van der Waals surface area contributed by atoms with E-state index >= 15 is 0 Å². The number of aliphatic carboxylic acids is 1. The summed E-state index contributed by atoms with van der Waals surface area (Å²) in [5, 5.41) is 16.0. The standard InChI is InChI=1S/C14H15N3O3S/c18-13(19)8-10-3-4-11(9-16-10)17-14(20)15-6-5-12-2-1-7-21-12/h1-4,7,9H,5-6,8H2,(H,18,19)(H2,15,17,20). The second-order valence-corrected chi connectivity index (χ2v) is 5.35. The molecule has 0 atom stereocenters. The van der Waals surface area contributed by atoms with Crippen molar-refractivity contribution in [2.24, 2.45) is 0 Å². The molecule has 21 heavy (non-hydrogen) atoms. The maximum Gasteiger partial charge on any atom is 0.319 e. The van der Waals surface area contributed by atoms with Crippen LogP contribution in [0.2, 0.25) is 0 Å². The van der Waals surface area contributed by atoms with Crippen LogP contribution in [0.25, 0.3) is 0 Å². The fourth-order valence-corrected chi connectivity index (χ4v) is 2.40. The monoisotopic (exact) mass is 305 g/mol. The van der Waals surface area contributed by atoms with Crippen LogP contribution in [0.3, 0.4) is 0 Å². The van der Waals surface area contributed by atoms with Gasteiger partial charge < -0.3 is 15.7 Å². The molecule has 0 saturated heterocycles. The lowest BCUT2D eigenvalue weighted by Gasteiger charge is -2.07. The normalized spacial score (nSPS) is 10.1. The highest BCUT2D eigenvalue weighted by Gasteiger charge is 2.04. The quantitative estimate of drug-likeness (QED) is 0.762. The van der Waals surface area contributed by atoms with Gasteiger partial charge in [-0.3, -0.25) is 9.78 Å². The Morgan fingerprint density at radius 1 is 1.29 bits per heavy atom. The Labute approximate surface area is 125 Å². The van der Waals surface area contributed by atoms with Gasteiger partial charge in [0.15, 0.2) is 0 Å². The van der Waals surface area contributed by atoms with Crippen LogP contribution in [0, 0.1) is 0 Å². The number of thiophene rings is 1. The van der Waals surface area contributed by atoms with Crippen LogP contribution in [0.4, 0.5) is 10.5 Å². The molecule has 2 heterocycles. The number of hydrogen-bond donors (Lipinski definition) is 3. The van der Waals surface area contributed by atoms with Crippen molar-refractivity contribution in [1.82, 2.24) is 10.3 Å². The third-order valence-electron chi connectivity index (χ3n) is 2.65. The Kier molecular flexibility index (Phi) is 5.28. The Morgan fingerprint density at radius 3 is 2.76 bits per heavy atom. The van der Waals surface area contributed by atoms with Crippen LogP contribution in [-0.2, 0) is 17.6 Å². The van der Waals surface area contributed by atoms with Crippen molar-refractivity contribution in [3.05, 3.63) is 46.4 Å². The lowest BCUT2D eigenvalue weighted by molar-refractivity contribution is -0.136. The highest BCUT2D eigenvalue weighted by atomic mass is 32.1. The zero-order valence-electron chi connectivity index (χ0n) is 11.2. The molecular formula is C14H15N3O3S. The maximum atomic E-state index is 11.7. The summed E-state index contributed by atoms with van der Waals surface area (Å²) in [5.41, 5.74) is 0.976. The smallest absolute Gasteiger partial charge is 0.319 e. The van der Waals surface area contributed by atoms with Gasteiger partial charge in [0.05, 0.1) is 24.0 Å². The number of carbonyl (C=O) groups excluding carboxylic acids is 1. The first kappa shape index (κ1) is 15.0. The topological polar surface area (TPSA) is 91.3 Å². The molecule has 2 rings (SSSR count). The Bertz CT molecular complexity index is 596. The second kappa shape index (κ2) is 7.39. The second-order valence-electron chi connectivity index (χ2n) is 4.32. The van der Waals surface area contributed by atoms with E-state index in [9.17, 15) is 9.59 Å². The van der Waals surface area contributed by atoms with Gasteiger partial charge in [0, 0.05) is 11.4 Å². The first-order valence-corrected chi connectivity index (χ1v) is 7.25. The van der Waals surface area contributed by atoms with E-state index in [-0.39, 0.29) is 12.5 Å². The number of hydrogen-bond acceptors (Lipinski definition) is 4. The van der Waals surface area contributed by atoms with Crippen molar-refractivity contribution in [1.29, 1.82) is 0 Å². The number of nitrogens with one attached hydrogen (secondary N) is 2. The van der Waals surface area contributed by atoms with E-state index in [1.165, 1.54) is 11.1 Å². The first-order valence-electron chi connectivity index (χ1n) is 6.37. The highest BCUT2D eigenvalue weighted by molar-refractivity contribution is 7.09. The summed E-state index contributed by atoms with van der Waals surface area (Å²) < 4.78 is 0. The van der Waals surface area contributed by atoms with Crippen LogP contribution in [0.15, 0.2) is 35.8 Å². The van der Waals surface area contributed by atoms with Gasteiger partial charge in [-0.2, -0.15) is 0 Å². The van der Waals surface area contributed by atoms with Gasteiger partial charge in [0.2, 0.25) is 0 Å². The molecule has 0 aliphatic carbocycles. The fourth-order valence-electron chi connectivity index (χ4n) is 1.69. The Hall–Kier alpha value is -2.41. The van der Waals surface area contributed by atoms with Gasteiger partial charge in [-0.1, -0.05) is 6.07 Å². The summed E-state index contributed by atoms with van der Waals surface area (Å²) in [6.07, 6.45) is 2.10. The maximum absolute atomic E-state index is 11.7. The predicted octanol–water partition coefficient (Wildman–Crippen LogP) is 2.13. The number of carboxylic acid groups (broad SMARTS) is 1. The summed E-state index contributed by atoms with van der Waals surface area (Å²) in [6, 6.07) is 6.90. The van der Waals surface area contributed by atoms with Crippen molar-refractivity contribution in [2.45, 2.75) is 12.8 Å². The molecule has 2 aromatic rings. The molecule has 0 spiro atoms. The van der Waals surface area contributed by atoms with Crippen LogP contribution >= 0.6 is 11.3 Å². The summed E-state index contributed by atoms with van der Waals surface area (Å²) in [4.78, 5) is 27.4. The highest BCUT2D eigenvalue weighted by Crippen LogP contribution is 2.09. The van der Waals surface area contributed by atoms with E-state index in [1.54, 1.807) is 23.5 Å². The van der Waals surface area contributed by atoms with Gasteiger partial charge in [-0.15, -0.1) is 11.3 Å². The number of urea groups is 1. The zero-order valence-corrected chi connectivity index (χ0v) is 12.0. The number of nitrogens with zero attached hydrogens (tertiary/aromatic N) is 1. The van der Waals surface area contributed by atoms with Crippen LogP contribution in [-0.4, -0.2) is 28.6 Å². The third kappa shape index (κ3) is 5.23. The van der Waals surface area contributed by atoms with Gasteiger partial charge in [0.25, 0.3) is 0 Å². The lowest BCUT2D eigenvalue weighted by Crippen LogP contribution is -2.30. The number of pyridine rings is 1. The molecule has 0 radical (unpaired) electrons. The van der Waals surface area contributed by atoms with Gasteiger partial charge >= 0.3 is 12.0 Å². The zero-order chi connectivity index (χ0) is 15.1. The minimum Gasteiger partial charge on any atom is -0.481 e. The van der Waals surface area contributed by atoms with E-state index in [2.05, 4.69) is 15.6 Å². The van der Waals surface area contributed by atoms with E-state index in [4.69, 9.17) is 5.11 Å². The number of carbonyl (C=O) groups is 2. The fraction of sp³-hybridized carbons (Fsp3) is 0.214. The minimum atomic E-state index is -0.936. The molecule has 2 aromatic heterocycles. The molecule has 7 heteroatoms. The molecule has 0 aromatic carbocycles. The molecular weight excluding hydrogens is 290 g/mol. The molecule has 2 amide bonds. The third-order valence-corrected chi connectivity index (χ3v) is 3.59. The van der Waals surface area contributed by atoms with Crippen molar-refractivity contribution in [2.75, 3.05) is 11.9 Å². The number of rotatable bonds is 6. The van der Waals surface area contributed by atoms with Crippen LogP contribution in [0.5, 0.6) is 0 Å². The molecule has 0 bridgehead atoms. The predicted molar refractivity (Wildman–Crippen MR) is 80.6 cm³/mol. The van der Waals surface area contributed by atoms with Crippen molar-refractivity contribution in [3.8, 4) is 0 Å². The Balaban J connectivity index is 1.75. The molecule has 0 aliphatic rings. The van der Waals surface area contributed by atoms with Gasteiger partial charge in [-0.05, 0) is 30.0 Å². The molecule has 110 valence electrons.